The van der Waals surface area contributed by atoms with Gasteiger partial charge in [-0.3, -0.25) is 0 Å². The van der Waals surface area contributed by atoms with Crippen molar-refractivity contribution in [1.29, 1.82) is 0 Å². The standard InChI is InChI=1S/C19H26FNS/c1-13(19(2,3)4)16-10-11-17(22-16)18-14(12-21(5)6)8-7-9-15(18)20/h7-11,13H,12H2,1-6H3/t13-/m1/s1. The van der Waals surface area contributed by atoms with Crippen LogP contribution in [-0.4, -0.2) is 19.0 Å². The molecule has 120 valence electrons. The second kappa shape index (κ2) is 6.51. The Balaban J connectivity index is 2.43. The predicted octanol–water partition coefficient (Wildman–Crippen LogP) is 5.77. The van der Waals surface area contributed by atoms with Crippen molar-refractivity contribution in [2.45, 2.75) is 40.2 Å². The van der Waals surface area contributed by atoms with Crippen LogP contribution in [0.3, 0.4) is 0 Å². The van der Waals surface area contributed by atoms with E-state index in [-0.39, 0.29) is 11.2 Å². The van der Waals surface area contributed by atoms with Gasteiger partial charge < -0.3 is 4.90 Å². The molecule has 0 aliphatic carbocycles. The lowest BCUT2D eigenvalue weighted by atomic mass is 9.81. The molecule has 0 amide bonds. The van der Waals surface area contributed by atoms with Gasteiger partial charge in [0.15, 0.2) is 0 Å². The zero-order valence-corrected chi connectivity index (χ0v) is 15.2. The Bertz CT molecular complexity index is 637. The van der Waals surface area contributed by atoms with Crippen LogP contribution in [0.25, 0.3) is 10.4 Å². The quantitative estimate of drug-likeness (QED) is 0.692. The fraction of sp³-hybridized carbons (Fsp3) is 0.474. The van der Waals surface area contributed by atoms with E-state index in [4.69, 9.17) is 0 Å². The van der Waals surface area contributed by atoms with Crippen LogP contribution in [0.15, 0.2) is 30.3 Å². The molecule has 1 atom stereocenters. The highest BCUT2D eigenvalue weighted by molar-refractivity contribution is 7.15. The molecule has 2 rings (SSSR count). The van der Waals surface area contributed by atoms with Crippen LogP contribution in [0, 0.1) is 11.2 Å². The molecular weight excluding hydrogens is 293 g/mol. The Morgan fingerprint density at radius 1 is 1.14 bits per heavy atom. The van der Waals surface area contributed by atoms with E-state index in [1.807, 2.05) is 20.2 Å². The highest BCUT2D eigenvalue weighted by atomic mass is 32.1. The number of benzene rings is 1. The Kier molecular flexibility index (Phi) is 5.08. The van der Waals surface area contributed by atoms with Gasteiger partial charge in [0.2, 0.25) is 0 Å². The Morgan fingerprint density at radius 3 is 2.41 bits per heavy atom. The van der Waals surface area contributed by atoms with Crippen LogP contribution in [-0.2, 0) is 6.54 Å². The Labute approximate surface area is 137 Å². The van der Waals surface area contributed by atoms with E-state index in [1.165, 1.54) is 4.88 Å². The SMILES string of the molecule is C[C@H](c1ccc(-c2c(F)cccc2CN(C)C)s1)C(C)(C)C. The molecule has 0 saturated heterocycles. The van der Waals surface area contributed by atoms with Crippen LogP contribution >= 0.6 is 11.3 Å². The molecule has 2 aromatic rings. The summed E-state index contributed by atoms with van der Waals surface area (Å²) >= 11 is 1.72. The van der Waals surface area contributed by atoms with Crippen molar-refractivity contribution >= 4 is 11.3 Å². The van der Waals surface area contributed by atoms with E-state index >= 15 is 0 Å². The maximum Gasteiger partial charge on any atom is 0.132 e. The number of hydrogen-bond donors (Lipinski definition) is 0. The van der Waals surface area contributed by atoms with Crippen molar-refractivity contribution < 1.29 is 4.39 Å². The number of thiophene rings is 1. The molecule has 0 spiro atoms. The number of hydrogen-bond acceptors (Lipinski definition) is 2. The van der Waals surface area contributed by atoms with E-state index in [0.29, 0.717) is 5.92 Å². The second-order valence-electron chi connectivity index (χ2n) is 7.30. The first kappa shape index (κ1) is 17.2. The maximum atomic E-state index is 14.4. The molecule has 0 bridgehead atoms. The summed E-state index contributed by atoms with van der Waals surface area (Å²) in [5, 5.41) is 0. The van der Waals surface area contributed by atoms with Gasteiger partial charge in [-0.2, -0.15) is 0 Å². The largest absolute Gasteiger partial charge is 0.305 e. The average molecular weight is 319 g/mol. The first-order valence-electron chi connectivity index (χ1n) is 7.72. The van der Waals surface area contributed by atoms with Crippen LogP contribution in [0.5, 0.6) is 0 Å². The zero-order valence-electron chi connectivity index (χ0n) is 14.4. The second-order valence-corrected chi connectivity index (χ2v) is 8.42. The van der Waals surface area contributed by atoms with Gasteiger partial charge in [0.05, 0.1) is 0 Å². The van der Waals surface area contributed by atoms with Gasteiger partial charge in [0.1, 0.15) is 5.82 Å². The summed E-state index contributed by atoms with van der Waals surface area (Å²) in [6.07, 6.45) is 0. The molecule has 0 saturated carbocycles. The molecule has 1 heterocycles. The van der Waals surface area contributed by atoms with Crippen LogP contribution in [0.2, 0.25) is 0 Å². The minimum absolute atomic E-state index is 0.129. The van der Waals surface area contributed by atoms with Crippen molar-refractivity contribution in [2.24, 2.45) is 5.41 Å². The molecule has 22 heavy (non-hydrogen) atoms. The van der Waals surface area contributed by atoms with Crippen molar-refractivity contribution in [2.75, 3.05) is 14.1 Å². The fourth-order valence-corrected chi connectivity index (χ4v) is 3.85. The Hall–Kier alpha value is -1.19. The van der Waals surface area contributed by atoms with Crippen LogP contribution in [0.1, 0.15) is 44.1 Å². The first-order valence-corrected chi connectivity index (χ1v) is 8.54. The molecule has 0 radical (unpaired) electrons. The van der Waals surface area contributed by atoms with Gasteiger partial charge in [-0.15, -0.1) is 11.3 Å². The summed E-state index contributed by atoms with van der Waals surface area (Å²) in [4.78, 5) is 4.42. The molecule has 0 aliphatic rings. The van der Waals surface area contributed by atoms with Crippen molar-refractivity contribution in [3.8, 4) is 10.4 Å². The van der Waals surface area contributed by atoms with Gasteiger partial charge >= 0.3 is 0 Å². The maximum absolute atomic E-state index is 14.4. The molecule has 1 aromatic carbocycles. The van der Waals surface area contributed by atoms with Gasteiger partial charge in [0, 0.05) is 21.9 Å². The molecule has 1 nitrogen and oxygen atoms in total. The summed E-state index contributed by atoms with van der Waals surface area (Å²) < 4.78 is 14.4. The van der Waals surface area contributed by atoms with Gasteiger partial charge in [-0.1, -0.05) is 39.8 Å². The lowest BCUT2D eigenvalue weighted by Gasteiger charge is -2.26. The average Bonchev–Trinajstić information content (AvgIpc) is 2.85. The Morgan fingerprint density at radius 2 is 1.82 bits per heavy atom. The van der Waals surface area contributed by atoms with Gasteiger partial charge in [-0.05, 0) is 49.2 Å². The molecule has 1 aromatic heterocycles. The van der Waals surface area contributed by atoms with Crippen molar-refractivity contribution in [3.63, 3.8) is 0 Å². The van der Waals surface area contributed by atoms with Crippen molar-refractivity contribution in [3.05, 3.63) is 46.6 Å². The molecule has 0 aliphatic heterocycles. The molecule has 0 N–H and O–H groups in total. The smallest absolute Gasteiger partial charge is 0.132 e. The highest BCUT2D eigenvalue weighted by Crippen LogP contribution is 2.41. The summed E-state index contributed by atoms with van der Waals surface area (Å²) in [7, 11) is 4.02. The normalized spacial score (nSPS) is 13.6. The monoisotopic (exact) mass is 319 g/mol. The molecule has 0 unspecified atom stereocenters. The molecule has 3 heteroatoms. The van der Waals surface area contributed by atoms with E-state index in [0.717, 1.165) is 22.5 Å². The lowest BCUT2D eigenvalue weighted by molar-refractivity contribution is 0.343. The predicted molar refractivity (Wildman–Crippen MR) is 95.0 cm³/mol. The van der Waals surface area contributed by atoms with Crippen LogP contribution in [0.4, 0.5) is 4.39 Å². The van der Waals surface area contributed by atoms with E-state index < -0.39 is 0 Å². The zero-order chi connectivity index (χ0) is 16.5. The third-order valence-corrected chi connectivity index (χ3v) is 5.47. The molecular formula is C19H26FNS. The van der Waals surface area contributed by atoms with Gasteiger partial charge in [0.25, 0.3) is 0 Å². The van der Waals surface area contributed by atoms with E-state index in [9.17, 15) is 4.39 Å². The summed E-state index contributed by atoms with van der Waals surface area (Å²) in [6, 6.07) is 9.59. The first-order chi connectivity index (χ1) is 10.2. The summed E-state index contributed by atoms with van der Waals surface area (Å²) in [5.41, 5.74) is 2.01. The minimum atomic E-state index is -0.129. The summed E-state index contributed by atoms with van der Waals surface area (Å²) in [5.74, 6) is 0.325. The lowest BCUT2D eigenvalue weighted by Crippen LogP contribution is -2.13. The minimum Gasteiger partial charge on any atom is -0.305 e. The fourth-order valence-electron chi connectivity index (χ4n) is 2.46. The number of rotatable bonds is 4. The van der Waals surface area contributed by atoms with Crippen molar-refractivity contribution in [1.82, 2.24) is 4.90 Å². The topological polar surface area (TPSA) is 3.24 Å². The number of nitrogens with zero attached hydrogens (tertiary/aromatic N) is 1. The van der Waals surface area contributed by atoms with Crippen LogP contribution < -0.4 is 0 Å². The highest BCUT2D eigenvalue weighted by Gasteiger charge is 2.24. The summed E-state index contributed by atoms with van der Waals surface area (Å²) in [6.45, 7) is 9.74. The number of halogens is 1. The third kappa shape index (κ3) is 3.76. The van der Waals surface area contributed by atoms with E-state index in [1.54, 1.807) is 23.5 Å². The third-order valence-electron chi connectivity index (χ3n) is 4.19. The van der Waals surface area contributed by atoms with Gasteiger partial charge in [-0.25, -0.2) is 4.39 Å². The molecule has 0 fully saturated rings. The van der Waals surface area contributed by atoms with E-state index in [2.05, 4.69) is 44.7 Å².